The quantitative estimate of drug-likeness (QED) is 0.472. The molecule has 8 heteroatoms. The molecule has 0 N–H and O–H groups in total. The predicted molar refractivity (Wildman–Crippen MR) is 130 cm³/mol. The zero-order valence-corrected chi connectivity index (χ0v) is 20.6. The zero-order chi connectivity index (χ0) is 23.6. The Morgan fingerprint density at radius 1 is 1.09 bits per heavy atom. The summed E-state index contributed by atoms with van der Waals surface area (Å²) in [5, 5.41) is 9.40. The first kappa shape index (κ1) is 23.2. The molecule has 4 rings (SSSR count). The van der Waals surface area contributed by atoms with Gasteiger partial charge in [0, 0.05) is 25.7 Å². The van der Waals surface area contributed by atoms with Crippen molar-refractivity contribution < 1.29 is 14.3 Å². The number of carbonyl (C=O) groups excluding carboxylic acids is 1. The van der Waals surface area contributed by atoms with E-state index in [9.17, 15) is 4.79 Å². The van der Waals surface area contributed by atoms with Crippen LogP contribution in [0.25, 0.3) is 11.4 Å². The molecule has 1 amide bonds. The molecule has 0 unspecified atom stereocenters. The van der Waals surface area contributed by atoms with Gasteiger partial charge in [0.2, 0.25) is 12.7 Å². The molecular formula is C25H30N4O3S. The number of hydrogen-bond acceptors (Lipinski definition) is 6. The molecule has 1 aliphatic rings. The zero-order valence-electron chi connectivity index (χ0n) is 19.8. The lowest BCUT2D eigenvalue weighted by Gasteiger charge is -2.21. The fourth-order valence-electron chi connectivity index (χ4n) is 3.66. The lowest BCUT2D eigenvalue weighted by molar-refractivity contribution is -0.128. The lowest BCUT2D eigenvalue weighted by Crippen LogP contribution is -2.31. The molecule has 0 saturated carbocycles. The number of hydrogen-bond donors (Lipinski definition) is 0. The van der Waals surface area contributed by atoms with Crippen molar-refractivity contribution in [2.24, 2.45) is 7.05 Å². The molecular weight excluding hydrogens is 436 g/mol. The summed E-state index contributed by atoms with van der Waals surface area (Å²) in [6.45, 7) is 9.96. The van der Waals surface area contributed by atoms with Crippen molar-refractivity contribution in [2.45, 2.75) is 44.8 Å². The van der Waals surface area contributed by atoms with Gasteiger partial charge in [-0.1, -0.05) is 62.9 Å². The maximum Gasteiger partial charge on any atom is 0.233 e. The van der Waals surface area contributed by atoms with Crippen LogP contribution in [0.1, 0.15) is 38.8 Å². The summed E-state index contributed by atoms with van der Waals surface area (Å²) in [4.78, 5) is 14.7. The summed E-state index contributed by atoms with van der Waals surface area (Å²) >= 11 is 1.41. The highest BCUT2D eigenvalue weighted by molar-refractivity contribution is 7.99. The van der Waals surface area contributed by atoms with E-state index in [-0.39, 0.29) is 18.1 Å². The summed E-state index contributed by atoms with van der Waals surface area (Å²) in [5.41, 5.74) is 3.40. The van der Waals surface area contributed by atoms with Crippen LogP contribution >= 0.6 is 11.8 Å². The van der Waals surface area contributed by atoms with Crippen molar-refractivity contribution in [3.8, 4) is 22.9 Å². The number of fused-ring (bicyclic) bond motifs is 1. The maximum absolute atomic E-state index is 12.9. The van der Waals surface area contributed by atoms with E-state index in [2.05, 4.69) is 55.2 Å². The van der Waals surface area contributed by atoms with Crippen molar-refractivity contribution in [1.29, 1.82) is 0 Å². The van der Waals surface area contributed by atoms with Gasteiger partial charge in [0.25, 0.3) is 0 Å². The Hall–Kier alpha value is -3.00. The highest BCUT2D eigenvalue weighted by Crippen LogP contribution is 2.33. The average molecular weight is 467 g/mol. The van der Waals surface area contributed by atoms with Crippen LogP contribution in [0, 0.1) is 0 Å². The van der Waals surface area contributed by atoms with Gasteiger partial charge in [-0.05, 0) is 35.6 Å². The molecule has 0 saturated heterocycles. The highest BCUT2D eigenvalue weighted by Gasteiger charge is 2.19. The van der Waals surface area contributed by atoms with E-state index < -0.39 is 0 Å². The second kappa shape index (κ2) is 9.47. The highest BCUT2D eigenvalue weighted by atomic mass is 32.2. The fourth-order valence-corrected chi connectivity index (χ4v) is 4.48. The third kappa shape index (κ3) is 5.16. The van der Waals surface area contributed by atoms with Crippen molar-refractivity contribution >= 4 is 17.7 Å². The van der Waals surface area contributed by atoms with Crippen LogP contribution in [-0.4, -0.2) is 44.7 Å². The Bertz CT molecular complexity index is 1140. The Morgan fingerprint density at radius 2 is 1.82 bits per heavy atom. The van der Waals surface area contributed by atoms with Crippen molar-refractivity contribution in [2.75, 3.05) is 19.1 Å². The van der Waals surface area contributed by atoms with Gasteiger partial charge >= 0.3 is 0 Å². The monoisotopic (exact) mass is 466 g/mol. The SMILES string of the molecule is CCN(Cc1ccc2c(c1)OCO2)C(=O)CSc1nnc(-c2ccc(C(C)(C)C)cc2)n1C. The third-order valence-corrected chi connectivity index (χ3v) is 6.72. The van der Waals surface area contributed by atoms with E-state index in [4.69, 9.17) is 9.47 Å². The van der Waals surface area contributed by atoms with Gasteiger partial charge in [-0.25, -0.2) is 0 Å². The number of nitrogens with zero attached hydrogens (tertiary/aromatic N) is 4. The summed E-state index contributed by atoms with van der Waals surface area (Å²) < 4.78 is 12.8. The van der Waals surface area contributed by atoms with Gasteiger partial charge in [0.05, 0.1) is 5.75 Å². The number of benzene rings is 2. The topological polar surface area (TPSA) is 69.5 Å². The molecule has 0 radical (unpaired) electrons. The first-order chi connectivity index (χ1) is 15.8. The molecule has 0 atom stereocenters. The average Bonchev–Trinajstić information content (AvgIpc) is 3.41. The number of thioether (sulfide) groups is 1. The fraction of sp³-hybridized carbons (Fsp3) is 0.400. The van der Waals surface area contributed by atoms with Crippen molar-refractivity contribution in [3.63, 3.8) is 0 Å². The molecule has 2 aromatic carbocycles. The van der Waals surface area contributed by atoms with Crippen LogP contribution in [0.3, 0.4) is 0 Å². The number of rotatable bonds is 7. The van der Waals surface area contributed by atoms with E-state index >= 15 is 0 Å². The molecule has 7 nitrogen and oxygen atoms in total. The number of amides is 1. The van der Waals surface area contributed by atoms with Crippen molar-refractivity contribution in [1.82, 2.24) is 19.7 Å². The molecule has 2 heterocycles. The number of ether oxygens (including phenoxy) is 2. The van der Waals surface area contributed by atoms with Gasteiger partial charge in [-0.2, -0.15) is 0 Å². The van der Waals surface area contributed by atoms with Crippen LogP contribution in [0.2, 0.25) is 0 Å². The largest absolute Gasteiger partial charge is 0.454 e. The molecule has 1 aromatic heterocycles. The Balaban J connectivity index is 1.39. The first-order valence-corrected chi connectivity index (χ1v) is 12.0. The predicted octanol–water partition coefficient (Wildman–Crippen LogP) is 4.65. The molecule has 174 valence electrons. The summed E-state index contributed by atoms with van der Waals surface area (Å²) in [6.07, 6.45) is 0. The Kier molecular flexibility index (Phi) is 6.65. The second-order valence-corrected chi connectivity index (χ2v) is 10.0. The van der Waals surface area contributed by atoms with Crippen LogP contribution in [0.4, 0.5) is 0 Å². The first-order valence-electron chi connectivity index (χ1n) is 11.1. The van der Waals surface area contributed by atoms with E-state index in [1.165, 1.54) is 17.3 Å². The minimum absolute atomic E-state index is 0.0549. The summed E-state index contributed by atoms with van der Waals surface area (Å²) in [5.74, 6) is 2.62. The standard InChI is InChI=1S/C25H30N4O3S/c1-6-29(14-17-7-12-20-21(13-17)32-16-31-20)22(30)15-33-24-27-26-23(28(24)5)18-8-10-19(11-9-18)25(2,3)4/h7-13H,6,14-16H2,1-5H3. The minimum atomic E-state index is 0.0549. The van der Waals surface area contributed by atoms with Gasteiger partial charge in [0.15, 0.2) is 22.5 Å². The normalized spacial score (nSPS) is 12.8. The number of aromatic nitrogens is 3. The Morgan fingerprint density at radius 3 is 2.52 bits per heavy atom. The van der Waals surface area contributed by atoms with Gasteiger partial charge < -0.3 is 18.9 Å². The molecule has 0 bridgehead atoms. The lowest BCUT2D eigenvalue weighted by atomic mass is 9.87. The third-order valence-electron chi connectivity index (χ3n) is 5.71. The molecule has 0 spiro atoms. The molecule has 1 aliphatic heterocycles. The van der Waals surface area contributed by atoms with Gasteiger partial charge in [-0.15, -0.1) is 10.2 Å². The van der Waals surface area contributed by atoms with E-state index in [1.807, 2.05) is 41.6 Å². The Labute approximate surface area is 199 Å². The molecule has 33 heavy (non-hydrogen) atoms. The molecule has 3 aromatic rings. The molecule has 0 aliphatic carbocycles. The minimum Gasteiger partial charge on any atom is -0.454 e. The van der Waals surface area contributed by atoms with Crippen LogP contribution in [0.15, 0.2) is 47.6 Å². The van der Waals surface area contributed by atoms with Gasteiger partial charge in [0.1, 0.15) is 0 Å². The van der Waals surface area contributed by atoms with E-state index in [0.29, 0.717) is 18.8 Å². The van der Waals surface area contributed by atoms with E-state index in [1.54, 1.807) is 0 Å². The van der Waals surface area contributed by atoms with Crippen LogP contribution < -0.4 is 9.47 Å². The van der Waals surface area contributed by atoms with Crippen LogP contribution in [0.5, 0.6) is 11.5 Å². The van der Waals surface area contributed by atoms with E-state index in [0.717, 1.165) is 33.6 Å². The second-order valence-electron chi connectivity index (χ2n) is 9.08. The van der Waals surface area contributed by atoms with Crippen LogP contribution in [-0.2, 0) is 23.8 Å². The smallest absolute Gasteiger partial charge is 0.233 e. The molecule has 0 fully saturated rings. The van der Waals surface area contributed by atoms with Crippen molar-refractivity contribution in [3.05, 3.63) is 53.6 Å². The summed E-state index contributed by atoms with van der Waals surface area (Å²) in [6, 6.07) is 14.2. The maximum atomic E-state index is 12.9. The number of carbonyl (C=O) groups is 1. The van der Waals surface area contributed by atoms with Gasteiger partial charge in [-0.3, -0.25) is 4.79 Å². The summed E-state index contributed by atoms with van der Waals surface area (Å²) in [7, 11) is 1.93.